The molecule has 0 bridgehead atoms. The van der Waals surface area contributed by atoms with Crippen LogP contribution in [0.25, 0.3) is 0 Å². The Hall–Kier alpha value is -0.850. The summed E-state index contributed by atoms with van der Waals surface area (Å²) < 4.78 is 0. The highest BCUT2D eigenvalue weighted by atomic mass is 32.1. The van der Waals surface area contributed by atoms with E-state index in [0.717, 1.165) is 18.0 Å². The van der Waals surface area contributed by atoms with Crippen LogP contribution in [0.3, 0.4) is 0 Å². The SMILES string of the molecule is CC(NCc1cc(C#N)cs1)C1CC1. The molecule has 1 heterocycles. The van der Waals surface area contributed by atoms with Crippen molar-refractivity contribution in [2.45, 2.75) is 32.4 Å². The van der Waals surface area contributed by atoms with Crippen LogP contribution in [-0.4, -0.2) is 6.04 Å². The minimum atomic E-state index is 0.627. The summed E-state index contributed by atoms with van der Waals surface area (Å²) in [6.45, 7) is 3.15. The van der Waals surface area contributed by atoms with Crippen molar-refractivity contribution in [3.8, 4) is 6.07 Å². The van der Waals surface area contributed by atoms with Crippen LogP contribution in [0.2, 0.25) is 0 Å². The summed E-state index contributed by atoms with van der Waals surface area (Å²) in [5.74, 6) is 0.894. The van der Waals surface area contributed by atoms with Crippen molar-refractivity contribution in [1.82, 2.24) is 5.32 Å². The fourth-order valence-corrected chi connectivity index (χ4v) is 2.32. The number of nitrogens with one attached hydrogen (secondary N) is 1. The molecule has 1 aliphatic carbocycles. The molecule has 14 heavy (non-hydrogen) atoms. The minimum Gasteiger partial charge on any atom is -0.309 e. The fourth-order valence-electron chi connectivity index (χ4n) is 1.56. The van der Waals surface area contributed by atoms with Gasteiger partial charge < -0.3 is 5.32 Å². The molecule has 2 nitrogen and oxygen atoms in total. The highest BCUT2D eigenvalue weighted by Crippen LogP contribution is 2.32. The standard InChI is InChI=1S/C11H14N2S/c1-8(10-2-3-10)13-6-11-4-9(5-12)7-14-11/h4,7-8,10,13H,2-3,6H2,1H3. The Balaban J connectivity index is 1.82. The molecule has 0 spiro atoms. The zero-order valence-corrected chi connectivity index (χ0v) is 9.10. The Labute approximate surface area is 88.6 Å². The van der Waals surface area contributed by atoms with Crippen molar-refractivity contribution < 1.29 is 0 Å². The lowest BCUT2D eigenvalue weighted by atomic mass is 10.2. The first-order valence-corrected chi connectivity index (χ1v) is 5.88. The van der Waals surface area contributed by atoms with Gasteiger partial charge in [-0.25, -0.2) is 0 Å². The third-order valence-electron chi connectivity index (χ3n) is 2.71. The van der Waals surface area contributed by atoms with E-state index in [0.29, 0.717) is 6.04 Å². The van der Waals surface area contributed by atoms with Crippen LogP contribution in [0.4, 0.5) is 0 Å². The van der Waals surface area contributed by atoms with E-state index < -0.39 is 0 Å². The molecule has 1 atom stereocenters. The zero-order chi connectivity index (χ0) is 9.97. The molecule has 0 aromatic carbocycles. The third kappa shape index (κ3) is 2.34. The van der Waals surface area contributed by atoms with Gasteiger partial charge in [-0.15, -0.1) is 11.3 Å². The van der Waals surface area contributed by atoms with E-state index in [1.54, 1.807) is 11.3 Å². The highest BCUT2D eigenvalue weighted by molar-refractivity contribution is 7.10. The van der Waals surface area contributed by atoms with E-state index in [1.165, 1.54) is 17.7 Å². The molecule has 1 aliphatic rings. The summed E-state index contributed by atoms with van der Waals surface area (Å²) in [6.07, 6.45) is 2.75. The van der Waals surface area contributed by atoms with Gasteiger partial charge in [-0.1, -0.05) is 0 Å². The van der Waals surface area contributed by atoms with Crippen LogP contribution in [0, 0.1) is 17.2 Å². The van der Waals surface area contributed by atoms with Crippen LogP contribution in [0.1, 0.15) is 30.2 Å². The van der Waals surface area contributed by atoms with E-state index in [9.17, 15) is 0 Å². The first kappa shape index (κ1) is 9.70. The lowest BCUT2D eigenvalue weighted by molar-refractivity contribution is 0.499. The highest BCUT2D eigenvalue weighted by Gasteiger charge is 2.27. The number of nitrogens with zero attached hydrogens (tertiary/aromatic N) is 1. The number of nitriles is 1. The third-order valence-corrected chi connectivity index (χ3v) is 3.65. The van der Waals surface area contributed by atoms with Crippen LogP contribution in [0.15, 0.2) is 11.4 Å². The Morgan fingerprint density at radius 3 is 3.07 bits per heavy atom. The lowest BCUT2D eigenvalue weighted by Gasteiger charge is -2.10. The lowest BCUT2D eigenvalue weighted by Crippen LogP contribution is -2.26. The summed E-state index contributed by atoms with van der Waals surface area (Å²) in [5.41, 5.74) is 0.783. The number of thiophene rings is 1. The molecule has 0 radical (unpaired) electrons. The van der Waals surface area contributed by atoms with Crippen molar-refractivity contribution >= 4 is 11.3 Å². The molecule has 2 rings (SSSR count). The summed E-state index contributed by atoms with van der Waals surface area (Å²) in [5, 5.41) is 14.1. The van der Waals surface area contributed by atoms with E-state index in [2.05, 4.69) is 18.3 Å². The molecule has 3 heteroatoms. The van der Waals surface area contributed by atoms with Gasteiger partial charge in [0.15, 0.2) is 0 Å². The molecular formula is C11H14N2S. The largest absolute Gasteiger partial charge is 0.309 e. The number of hydrogen-bond donors (Lipinski definition) is 1. The van der Waals surface area contributed by atoms with Crippen LogP contribution in [-0.2, 0) is 6.54 Å². The molecule has 1 N–H and O–H groups in total. The predicted molar refractivity (Wildman–Crippen MR) is 58.1 cm³/mol. The monoisotopic (exact) mass is 206 g/mol. The summed E-state index contributed by atoms with van der Waals surface area (Å²) in [7, 11) is 0. The molecule has 1 saturated carbocycles. The van der Waals surface area contributed by atoms with E-state index >= 15 is 0 Å². The maximum atomic E-state index is 8.66. The van der Waals surface area contributed by atoms with Gasteiger partial charge in [0.05, 0.1) is 5.56 Å². The van der Waals surface area contributed by atoms with Gasteiger partial charge in [-0.05, 0) is 31.7 Å². The summed E-state index contributed by atoms with van der Waals surface area (Å²) in [4.78, 5) is 1.26. The van der Waals surface area contributed by atoms with Crippen molar-refractivity contribution in [1.29, 1.82) is 5.26 Å². The van der Waals surface area contributed by atoms with Gasteiger partial charge >= 0.3 is 0 Å². The molecule has 1 aromatic rings. The molecule has 0 saturated heterocycles. The number of rotatable bonds is 4. The van der Waals surface area contributed by atoms with Gasteiger partial charge in [0.25, 0.3) is 0 Å². The van der Waals surface area contributed by atoms with E-state index in [4.69, 9.17) is 5.26 Å². The predicted octanol–water partition coefficient (Wildman–Crippen LogP) is 2.51. The zero-order valence-electron chi connectivity index (χ0n) is 8.29. The summed E-state index contributed by atoms with van der Waals surface area (Å²) >= 11 is 1.66. The molecule has 0 amide bonds. The topological polar surface area (TPSA) is 35.8 Å². The molecule has 0 aliphatic heterocycles. The fraction of sp³-hybridized carbons (Fsp3) is 0.545. The average Bonchev–Trinajstić information content (AvgIpc) is 2.94. The quantitative estimate of drug-likeness (QED) is 0.821. The Morgan fingerprint density at radius 2 is 2.50 bits per heavy atom. The second-order valence-corrected chi connectivity index (χ2v) is 4.92. The van der Waals surface area contributed by atoms with E-state index in [1.807, 2.05) is 11.4 Å². The first-order valence-electron chi connectivity index (χ1n) is 5.00. The van der Waals surface area contributed by atoms with Gasteiger partial charge in [-0.3, -0.25) is 0 Å². The second-order valence-electron chi connectivity index (χ2n) is 3.92. The van der Waals surface area contributed by atoms with Crippen molar-refractivity contribution in [3.05, 3.63) is 21.9 Å². The molecular weight excluding hydrogens is 192 g/mol. The molecule has 1 unspecified atom stereocenters. The Bertz CT molecular complexity index is 346. The number of hydrogen-bond acceptors (Lipinski definition) is 3. The van der Waals surface area contributed by atoms with Gasteiger partial charge in [0.1, 0.15) is 6.07 Å². The molecule has 74 valence electrons. The summed E-state index contributed by atoms with van der Waals surface area (Å²) in [6, 6.07) is 4.75. The van der Waals surface area contributed by atoms with Crippen LogP contribution >= 0.6 is 11.3 Å². The second kappa shape index (κ2) is 4.12. The Morgan fingerprint density at radius 1 is 1.71 bits per heavy atom. The minimum absolute atomic E-state index is 0.627. The van der Waals surface area contributed by atoms with Gasteiger partial charge in [-0.2, -0.15) is 5.26 Å². The van der Waals surface area contributed by atoms with Crippen molar-refractivity contribution in [2.75, 3.05) is 0 Å². The molecule has 1 aromatic heterocycles. The normalized spacial score (nSPS) is 17.7. The smallest absolute Gasteiger partial charge is 0.100 e. The van der Waals surface area contributed by atoms with Crippen LogP contribution in [0.5, 0.6) is 0 Å². The Kier molecular flexibility index (Phi) is 2.85. The molecule has 1 fully saturated rings. The first-order chi connectivity index (χ1) is 6.79. The van der Waals surface area contributed by atoms with Gasteiger partial charge in [0.2, 0.25) is 0 Å². The maximum Gasteiger partial charge on any atom is 0.100 e. The van der Waals surface area contributed by atoms with Gasteiger partial charge in [0, 0.05) is 22.8 Å². The van der Waals surface area contributed by atoms with E-state index in [-0.39, 0.29) is 0 Å². The average molecular weight is 206 g/mol. The van der Waals surface area contributed by atoms with Crippen molar-refractivity contribution in [3.63, 3.8) is 0 Å². The van der Waals surface area contributed by atoms with Crippen LogP contribution < -0.4 is 5.32 Å². The maximum absolute atomic E-state index is 8.66. The van der Waals surface area contributed by atoms with Crippen molar-refractivity contribution in [2.24, 2.45) is 5.92 Å².